The minimum absolute atomic E-state index is 0.0586. The number of likely N-dealkylation sites (tertiary alicyclic amines) is 1. The van der Waals surface area contributed by atoms with E-state index in [0.717, 1.165) is 0 Å². The van der Waals surface area contributed by atoms with Crippen LogP contribution in [0.5, 0.6) is 0 Å². The lowest BCUT2D eigenvalue weighted by atomic mass is 10.1. The summed E-state index contributed by atoms with van der Waals surface area (Å²) in [5.41, 5.74) is -0.343. The van der Waals surface area contributed by atoms with Crippen LogP contribution in [-0.2, 0) is 14.3 Å². The minimum Gasteiger partial charge on any atom is -0.447 e. The molecule has 0 radical (unpaired) electrons. The zero-order valence-corrected chi connectivity index (χ0v) is 12.3. The van der Waals surface area contributed by atoms with Crippen molar-refractivity contribution in [3.05, 3.63) is 0 Å². The molecule has 0 aliphatic carbocycles. The Hall–Kier alpha value is -1.34. The molecule has 7 nitrogen and oxygen atoms in total. The van der Waals surface area contributed by atoms with Gasteiger partial charge in [-0.1, -0.05) is 0 Å². The van der Waals surface area contributed by atoms with E-state index in [1.165, 1.54) is 0 Å². The smallest absolute Gasteiger partial charge is 0.407 e. The van der Waals surface area contributed by atoms with E-state index in [9.17, 15) is 14.7 Å². The second-order valence-corrected chi connectivity index (χ2v) is 5.85. The average Bonchev–Trinajstić information content (AvgIpc) is 2.73. The maximum absolute atomic E-state index is 11.6. The molecule has 2 N–H and O–H groups in total. The summed E-state index contributed by atoms with van der Waals surface area (Å²) in [5, 5.41) is 12.0. The fourth-order valence-corrected chi connectivity index (χ4v) is 1.75. The average molecular weight is 288 g/mol. The first kappa shape index (κ1) is 16.7. The first-order valence-corrected chi connectivity index (χ1v) is 6.76. The fraction of sp³-hybridized carbons (Fsp3) is 0.846. The number of rotatable bonds is 5. The van der Waals surface area contributed by atoms with E-state index >= 15 is 0 Å². The van der Waals surface area contributed by atoms with Gasteiger partial charge in [0, 0.05) is 18.6 Å². The first-order valence-electron chi connectivity index (χ1n) is 6.76. The number of hydrogen-bond acceptors (Lipinski definition) is 5. The predicted octanol–water partition coefficient (Wildman–Crippen LogP) is 0.121. The van der Waals surface area contributed by atoms with Crippen molar-refractivity contribution in [2.24, 2.45) is 0 Å². The van der Waals surface area contributed by atoms with Crippen LogP contribution in [0, 0.1) is 0 Å². The Morgan fingerprint density at radius 2 is 2.05 bits per heavy atom. The van der Waals surface area contributed by atoms with Crippen LogP contribution in [0.1, 0.15) is 27.2 Å². The van der Waals surface area contributed by atoms with E-state index in [-0.39, 0.29) is 31.3 Å². The molecule has 0 aromatic heterocycles. The quantitative estimate of drug-likeness (QED) is 0.702. The van der Waals surface area contributed by atoms with Crippen LogP contribution in [0.15, 0.2) is 0 Å². The highest BCUT2D eigenvalue weighted by Crippen LogP contribution is 2.08. The third-order valence-corrected chi connectivity index (χ3v) is 2.68. The number of aliphatic hydroxyl groups excluding tert-OH is 1. The van der Waals surface area contributed by atoms with Crippen molar-refractivity contribution in [3.8, 4) is 0 Å². The van der Waals surface area contributed by atoms with Crippen LogP contribution in [0.4, 0.5) is 4.79 Å². The fourth-order valence-electron chi connectivity index (χ4n) is 1.75. The predicted molar refractivity (Wildman–Crippen MR) is 72.3 cm³/mol. The number of aliphatic hydroxyl groups is 1. The second-order valence-electron chi connectivity index (χ2n) is 5.85. The number of alkyl carbamates (subject to hydrolysis) is 1. The van der Waals surface area contributed by atoms with Crippen LogP contribution in [-0.4, -0.2) is 66.6 Å². The van der Waals surface area contributed by atoms with Crippen LogP contribution < -0.4 is 5.32 Å². The molecule has 1 saturated heterocycles. The summed E-state index contributed by atoms with van der Waals surface area (Å²) in [6.45, 7) is 6.70. The van der Waals surface area contributed by atoms with Crippen molar-refractivity contribution < 1.29 is 24.2 Å². The highest BCUT2D eigenvalue weighted by molar-refractivity contribution is 5.77. The van der Waals surface area contributed by atoms with Gasteiger partial charge in [0.05, 0.1) is 12.7 Å². The molecule has 1 rings (SSSR count). The van der Waals surface area contributed by atoms with Crippen LogP contribution >= 0.6 is 0 Å². The summed E-state index contributed by atoms with van der Waals surface area (Å²) in [7, 11) is 0. The van der Waals surface area contributed by atoms with Gasteiger partial charge >= 0.3 is 6.09 Å². The van der Waals surface area contributed by atoms with Gasteiger partial charge in [0.2, 0.25) is 5.91 Å². The molecule has 2 amide bonds. The lowest BCUT2D eigenvalue weighted by Gasteiger charge is -2.20. The molecule has 0 spiro atoms. The Kier molecular flexibility index (Phi) is 6.22. The van der Waals surface area contributed by atoms with E-state index < -0.39 is 12.2 Å². The van der Waals surface area contributed by atoms with E-state index in [4.69, 9.17) is 9.47 Å². The number of carbonyl (C=O) groups is 2. The molecule has 1 aliphatic heterocycles. The topological polar surface area (TPSA) is 88.1 Å². The Bertz CT molecular complexity index is 340. The maximum atomic E-state index is 11.6. The number of hydrogen-bond donors (Lipinski definition) is 2. The van der Waals surface area contributed by atoms with Crippen molar-refractivity contribution in [1.82, 2.24) is 10.2 Å². The number of β-amino-alcohol motifs (C(OH)–C–C–N with tert-alkyl or cyclic N) is 1. The number of carbonyl (C=O) groups excluding carboxylic acids is 2. The molecule has 0 bridgehead atoms. The van der Waals surface area contributed by atoms with Gasteiger partial charge in [0.1, 0.15) is 13.2 Å². The van der Waals surface area contributed by atoms with E-state index in [0.29, 0.717) is 19.5 Å². The number of amides is 2. The molecule has 20 heavy (non-hydrogen) atoms. The first-order chi connectivity index (χ1) is 9.28. The van der Waals surface area contributed by atoms with Gasteiger partial charge in [-0.15, -0.1) is 0 Å². The summed E-state index contributed by atoms with van der Waals surface area (Å²) in [5.74, 6) is -0.152. The number of nitrogens with zero attached hydrogens (tertiary/aromatic N) is 1. The van der Waals surface area contributed by atoms with Gasteiger partial charge in [-0.25, -0.2) is 4.79 Å². The van der Waals surface area contributed by atoms with Gasteiger partial charge in [-0.2, -0.15) is 0 Å². The molecule has 1 heterocycles. The molecule has 116 valence electrons. The van der Waals surface area contributed by atoms with Gasteiger partial charge in [-0.05, 0) is 27.2 Å². The monoisotopic (exact) mass is 288 g/mol. The molecule has 1 atom stereocenters. The lowest BCUT2D eigenvalue weighted by Crippen LogP contribution is -2.41. The SMILES string of the molecule is CC(C)(C)NC(=O)OCCOCC(=O)N1CC[C@@H](O)C1. The van der Waals surface area contributed by atoms with Gasteiger partial charge in [-0.3, -0.25) is 4.79 Å². The minimum atomic E-state index is -0.505. The summed E-state index contributed by atoms with van der Waals surface area (Å²) < 4.78 is 10.0. The largest absolute Gasteiger partial charge is 0.447 e. The van der Waals surface area contributed by atoms with Crippen molar-refractivity contribution in [3.63, 3.8) is 0 Å². The van der Waals surface area contributed by atoms with E-state index in [1.54, 1.807) is 4.90 Å². The summed E-state index contributed by atoms with van der Waals surface area (Å²) in [6.07, 6.45) is -0.319. The standard InChI is InChI=1S/C13H24N2O5/c1-13(2,3)14-12(18)20-7-6-19-9-11(17)15-5-4-10(16)8-15/h10,16H,4-9H2,1-3H3,(H,14,18)/t10-/m1/s1. The van der Waals surface area contributed by atoms with Crippen LogP contribution in [0.2, 0.25) is 0 Å². The highest BCUT2D eigenvalue weighted by Gasteiger charge is 2.24. The van der Waals surface area contributed by atoms with Crippen LogP contribution in [0.25, 0.3) is 0 Å². The Morgan fingerprint density at radius 3 is 2.60 bits per heavy atom. The third kappa shape index (κ3) is 6.72. The molecule has 1 fully saturated rings. The molecule has 0 aromatic rings. The highest BCUT2D eigenvalue weighted by atomic mass is 16.6. The van der Waals surface area contributed by atoms with Gasteiger partial charge in [0.25, 0.3) is 0 Å². The normalized spacial score (nSPS) is 19.0. The zero-order chi connectivity index (χ0) is 15.2. The van der Waals surface area contributed by atoms with Gasteiger partial charge < -0.3 is 24.8 Å². The van der Waals surface area contributed by atoms with Crippen molar-refractivity contribution >= 4 is 12.0 Å². The molecule has 0 unspecified atom stereocenters. The molecule has 7 heteroatoms. The molecular weight excluding hydrogens is 264 g/mol. The van der Waals surface area contributed by atoms with Crippen molar-refractivity contribution in [2.45, 2.75) is 38.8 Å². The summed E-state index contributed by atoms with van der Waals surface area (Å²) in [6, 6.07) is 0. The molecule has 0 aromatic carbocycles. The van der Waals surface area contributed by atoms with Crippen molar-refractivity contribution in [2.75, 3.05) is 32.9 Å². The molecule has 0 saturated carbocycles. The third-order valence-electron chi connectivity index (χ3n) is 2.68. The summed E-state index contributed by atoms with van der Waals surface area (Å²) >= 11 is 0. The number of ether oxygens (including phenoxy) is 2. The van der Waals surface area contributed by atoms with E-state index in [1.807, 2.05) is 20.8 Å². The maximum Gasteiger partial charge on any atom is 0.407 e. The second kappa shape index (κ2) is 7.44. The Balaban J connectivity index is 2.05. The molecular formula is C13H24N2O5. The Morgan fingerprint density at radius 1 is 1.35 bits per heavy atom. The van der Waals surface area contributed by atoms with Crippen molar-refractivity contribution in [1.29, 1.82) is 0 Å². The zero-order valence-electron chi connectivity index (χ0n) is 12.3. The number of nitrogens with one attached hydrogen (secondary N) is 1. The van der Waals surface area contributed by atoms with Crippen LogP contribution in [0.3, 0.4) is 0 Å². The summed E-state index contributed by atoms with van der Waals surface area (Å²) in [4.78, 5) is 24.5. The lowest BCUT2D eigenvalue weighted by molar-refractivity contribution is -0.135. The van der Waals surface area contributed by atoms with Gasteiger partial charge in [0.15, 0.2) is 0 Å². The molecule has 1 aliphatic rings. The Labute approximate surface area is 119 Å². The van der Waals surface area contributed by atoms with E-state index in [2.05, 4.69) is 5.32 Å².